The number of rotatable bonds is 10. The first-order chi connectivity index (χ1) is 16.3. The van der Waals surface area contributed by atoms with E-state index in [0.717, 1.165) is 0 Å². The van der Waals surface area contributed by atoms with Crippen molar-refractivity contribution in [1.82, 2.24) is 0 Å². The lowest BCUT2D eigenvalue weighted by atomic mass is 10.1. The van der Waals surface area contributed by atoms with E-state index >= 15 is 0 Å². The molecule has 1 heterocycles. The Morgan fingerprint density at radius 1 is 0.971 bits per heavy atom. The molecule has 2 aromatic carbocycles. The van der Waals surface area contributed by atoms with E-state index in [0.29, 0.717) is 57.3 Å². The summed E-state index contributed by atoms with van der Waals surface area (Å²) >= 11 is 0. The van der Waals surface area contributed by atoms with Crippen molar-refractivity contribution < 1.29 is 32.9 Å². The Bertz CT molecular complexity index is 1200. The van der Waals surface area contributed by atoms with Crippen molar-refractivity contribution in [2.75, 3.05) is 21.3 Å². The summed E-state index contributed by atoms with van der Waals surface area (Å²) in [6.45, 7) is 5.57. The maximum absolute atomic E-state index is 12.7. The summed E-state index contributed by atoms with van der Waals surface area (Å²) in [5.74, 6) is 1.90. The smallest absolute Gasteiger partial charge is 0.310 e. The second-order valence-corrected chi connectivity index (χ2v) is 7.89. The van der Waals surface area contributed by atoms with Crippen LogP contribution in [0, 0.1) is 0 Å². The van der Waals surface area contributed by atoms with E-state index < -0.39 is 5.97 Å². The van der Waals surface area contributed by atoms with Gasteiger partial charge >= 0.3 is 5.97 Å². The molecule has 3 rings (SSSR count). The van der Waals surface area contributed by atoms with Crippen LogP contribution in [0.25, 0.3) is 11.0 Å². The molecular formula is C26H30O8. The van der Waals surface area contributed by atoms with Gasteiger partial charge in [-0.05, 0) is 43.7 Å². The summed E-state index contributed by atoms with van der Waals surface area (Å²) in [6.07, 6.45) is 0.416. The highest BCUT2D eigenvalue weighted by Crippen LogP contribution is 2.38. The van der Waals surface area contributed by atoms with Crippen molar-refractivity contribution in [3.05, 3.63) is 57.4 Å². The Hall–Kier alpha value is -3.68. The van der Waals surface area contributed by atoms with Crippen molar-refractivity contribution in [3.8, 4) is 23.0 Å². The van der Waals surface area contributed by atoms with E-state index in [1.807, 2.05) is 20.8 Å². The summed E-state index contributed by atoms with van der Waals surface area (Å²) < 4.78 is 33.5. The highest BCUT2D eigenvalue weighted by atomic mass is 16.5. The number of carbonyl (C=O) groups is 1. The van der Waals surface area contributed by atoms with Crippen LogP contribution >= 0.6 is 0 Å². The van der Waals surface area contributed by atoms with E-state index in [-0.39, 0.29) is 24.6 Å². The number of benzene rings is 2. The van der Waals surface area contributed by atoms with E-state index in [2.05, 4.69) is 0 Å². The van der Waals surface area contributed by atoms with Gasteiger partial charge in [0.25, 0.3) is 0 Å². The van der Waals surface area contributed by atoms with Gasteiger partial charge in [-0.15, -0.1) is 0 Å². The maximum atomic E-state index is 12.7. The second kappa shape index (κ2) is 11.0. The minimum Gasteiger partial charge on any atom is -0.493 e. The van der Waals surface area contributed by atoms with Gasteiger partial charge in [0, 0.05) is 12.5 Å². The number of esters is 1. The van der Waals surface area contributed by atoms with Gasteiger partial charge in [0.15, 0.2) is 16.9 Å². The van der Waals surface area contributed by atoms with Gasteiger partial charge in [-0.3, -0.25) is 9.59 Å². The van der Waals surface area contributed by atoms with Crippen molar-refractivity contribution in [1.29, 1.82) is 0 Å². The fourth-order valence-electron chi connectivity index (χ4n) is 3.59. The number of carbonyl (C=O) groups excluding carboxylic acids is 1. The molecule has 0 radical (unpaired) electrons. The molecule has 8 nitrogen and oxygen atoms in total. The molecule has 0 unspecified atom stereocenters. The molecule has 0 aliphatic heterocycles. The third kappa shape index (κ3) is 5.44. The highest BCUT2D eigenvalue weighted by Gasteiger charge is 2.19. The molecule has 0 bridgehead atoms. The highest BCUT2D eigenvalue weighted by molar-refractivity contribution is 5.82. The Kier molecular flexibility index (Phi) is 8.04. The van der Waals surface area contributed by atoms with Crippen LogP contribution in [0.5, 0.6) is 23.0 Å². The van der Waals surface area contributed by atoms with Crippen LogP contribution < -0.4 is 24.4 Å². The lowest BCUT2D eigenvalue weighted by molar-refractivity contribution is -0.144. The molecule has 182 valence electrons. The van der Waals surface area contributed by atoms with Crippen LogP contribution in [0.15, 0.2) is 39.5 Å². The predicted octanol–water partition coefficient (Wildman–Crippen LogP) is 4.45. The third-order valence-corrected chi connectivity index (χ3v) is 5.17. The maximum Gasteiger partial charge on any atom is 0.310 e. The van der Waals surface area contributed by atoms with Crippen LogP contribution in [-0.4, -0.2) is 33.4 Å². The lowest BCUT2D eigenvalue weighted by Gasteiger charge is -2.16. The zero-order valence-corrected chi connectivity index (χ0v) is 20.4. The Labute approximate surface area is 198 Å². The molecule has 0 aliphatic carbocycles. The number of methoxy groups -OCH3 is 3. The summed E-state index contributed by atoms with van der Waals surface area (Å²) in [5.41, 5.74) is 1.36. The van der Waals surface area contributed by atoms with Crippen molar-refractivity contribution in [3.63, 3.8) is 0 Å². The normalized spacial score (nSPS) is 10.9. The molecular weight excluding hydrogens is 440 g/mol. The number of hydrogen-bond donors (Lipinski definition) is 0. The van der Waals surface area contributed by atoms with Crippen LogP contribution in [0.4, 0.5) is 0 Å². The van der Waals surface area contributed by atoms with E-state index in [4.69, 9.17) is 28.1 Å². The first-order valence-corrected chi connectivity index (χ1v) is 11.0. The summed E-state index contributed by atoms with van der Waals surface area (Å²) in [7, 11) is 4.53. The van der Waals surface area contributed by atoms with Gasteiger partial charge in [-0.1, -0.05) is 6.92 Å². The third-order valence-electron chi connectivity index (χ3n) is 5.17. The number of ether oxygens (including phenoxy) is 5. The Morgan fingerprint density at radius 3 is 2.21 bits per heavy atom. The topological polar surface area (TPSA) is 93.4 Å². The molecule has 0 saturated carbocycles. The monoisotopic (exact) mass is 470 g/mol. The quantitative estimate of drug-likeness (QED) is 0.401. The standard InChI is InChI=1S/C26H30O8/c1-7-17-13-20(27)18-8-9-21(33-15(2)3)19(25(18)34-17)14-32-24(28)12-16-10-22(29-4)26(31-6)23(11-16)30-5/h8-11,13,15H,7,12,14H2,1-6H3. The average molecular weight is 471 g/mol. The van der Waals surface area contributed by atoms with Gasteiger partial charge in [0.05, 0.1) is 44.8 Å². The first-order valence-electron chi connectivity index (χ1n) is 11.0. The molecule has 3 aromatic rings. The molecule has 0 aliphatic rings. The summed E-state index contributed by atoms with van der Waals surface area (Å²) in [5, 5.41) is 0.406. The van der Waals surface area contributed by atoms with Gasteiger partial charge in [-0.2, -0.15) is 0 Å². The number of hydrogen-bond acceptors (Lipinski definition) is 8. The minimum atomic E-state index is -0.476. The van der Waals surface area contributed by atoms with E-state index in [1.54, 1.807) is 24.3 Å². The first kappa shape index (κ1) is 25.0. The van der Waals surface area contributed by atoms with Crippen molar-refractivity contribution in [2.45, 2.75) is 46.3 Å². The largest absolute Gasteiger partial charge is 0.493 e. The van der Waals surface area contributed by atoms with Crippen LogP contribution in [0.2, 0.25) is 0 Å². The number of aryl methyl sites for hydroxylation is 1. The summed E-state index contributed by atoms with van der Waals surface area (Å²) in [6, 6.07) is 8.24. The van der Waals surface area contributed by atoms with Crippen LogP contribution in [0.1, 0.15) is 37.7 Å². The number of fused-ring (bicyclic) bond motifs is 1. The molecule has 0 saturated heterocycles. The zero-order chi connectivity index (χ0) is 24.8. The zero-order valence-electron chi connectivity index (χ0n) is 20.4. The Morgan fingerprint density at radius 2 is 1.65 bits per heavy atom. The molecule has 8 heteroatoms. The van der Waals surface area contributed by atoms with Gasteiger partial charge < -0.3 is 28.1 Å². The van der Waals surface area contributed by atoms with E-state index in [9.17, 15) is 9.59 Å². The fourth-order valence-corrected chi connectivity index (χ4v) is 3.59. The summed E-state index contributed by atoms with van der Waals surface area (Å²) in [4.78, 5) is 25.3. The molecule has 0 spiro atoms. The molecule has 34 heavy (non-hydrogen) atoms. The van der Waals surface area contributed by atoms with Crippen LogP contribution in [-0.2, 0) is 29.0 Å². The van der Waals surface area contributed by atoms with Crippen molar-refractivity contribution in [2.24, 2.45) is 0 Å². The second-order valence-electron chi connectivity index (χ2n) is 7.89. The molecule has 1 aromatic heterocycles. The average Bonchev–Trinajstić information content (AvgIpc) is 2.81. The van der Waals surface area contributed by atoms with E-state index in [1.165, 1.54) is 27.4 Å². The van der Waals surface area contributed by atoms with Crippen molar-refractivity contribution >= 4 is 16.9 Å². The molecule has 0 atom stereocenters. The predicted molar refractivity (Wildman–Crippen MR) is 127 cm³/mol. The molecule has 0 fully saturated rings. The van der Waals surface area contributed by atoms with Gasteiger partial charge in [0.1, 0.15) is 23.7 Å². The lowest BCUT2D eigenvalue weighted by Crippen LogP contribution is -2.13. The fraction of sp³-hybridized carbons (Fsp3) is 0.385. The van der Waals surface area contributed by atoms with Crippen LogP contribution in [0.3, 0.4) is 0 Å². The molecule has 0 N–H and O–H groups in total. The molecule has 0 amide bonds. The SMILES string of the molecule is CCc1cc(=O)c2ccc(OC(C)C)c(COC(=O)Cc3cc(OC)c(OC)c(OC)c3)c2o1. The van der Waals surface area contributed by atoms with Gasteiger partial charge in [-0.25, -0.2) is 0 Å². The minimum absolute atomic E-state index is 0.0218. The van der Waals surface area contributed by atoms with Gasteiger partial charge in [0.2, 0.25) is 5.75 Å². The Balaban J connectivity index is 1.90.